The summed E-state index contributed by atoms with van der Waals surface area (Å²) in [5.41, 5.74) is 0. The summed E-state index contributed by atoms with van der Waals surface area (Å²) in [6, 6.07) is 1.02. The molecule has 7 nitrogen and oxygen atoms in total. The molecule has 0 aromatic carbocycles. The summed E-state index contributed by atoms with van der Waals surface area (Å²) in [4.78, 5) is 31.6. The molecule has 2 aliphatic rings. The molecule has 1 unspecified atom stereocenters. The average Bonchev–Trinajstić information content (AvgIpc) is 2.75. The number of rotatable bonds is 4. The van der Waals surface area contributed by atoms with Crippen LogP contribution in [0.25, 0.3) is 0 Å². The quantitative estimate of drug-likeness (QED) is 0.698. The van der Waals surface area contributed by atoms with Crippen molar-refractivity contribution in [1.29, 1.82) is 5.26 Å². The number of hydrogen-bond donors (Lipinski definition) is 0. The maximum Gasteiger partial charge on any atom is 0.333 e. The standard InChI is InChI=1S/C13H18N5O2/c1-4-7-17-9(2)15-11-10(17)12(19)18(8-5-6-14)13(20)16(11)3/h10H,4-5,7-8H2,1-3H3/q+1. The lowest BCUT2D eigenvalue weighted by atomic mass is 10.1. The van der Waals surface area contributed by atoms with E-state index in [1.165, 1.54) is 4.90 Å². The molecule has 2 heterocycles. The molecule has 0 saturated carbocycles. The molecule has 7 heteroatoms. The van der Waals surface area contributed by atoms with Crippen molar-refractivity contribution in [3.05, 3.63) is 0 Å². The second-order valence-electron chi connectivity index (χ2n) is 4.85. The van der Waals surface area contributed by atoms with Gasteiger partial charge in [-0.05, 0) is 11.4 Å². The molecule has 1 saturated heterocycles. The minimum atomic E-state index is -0.531. The van der Waals surface area contributed by atoms with Crippen molar-refractivity contribution >= 4 is 23.6 Å². The van der Waals surface area contributed by atoms with Crippen LogP contribution in [0.5, 0.6) is 0 Å². The first kappa shape index (κ1) is 14.2. The lowest BCUT2D eigenvalue weighted by Gasteiger charge is -2.32. The van der Waals surface area contributed by atoms with Crippen LogP contribution in [0.15, 0.2) is 4.99 Å². The molecule has 1 atom stereocenters. The Balaban J connectivity index is 2.34. The Morgan fingerprint density at radius 1 is 1.45 bits per heavy atom. The van der Waals surface area contributed by atoms with Crippen LogP contribution in [0.1, 0.15) is 26.7 Å². The molecule has 0 aromatic heterocycles. The van der Waals surface area contributed by atoms with Gasteiger partial charge >= 0.3 is 6.03 Å². The zero-order valence-electron chi connectivity index (χ0n) is 12.0. The summed E-state index contributed by atoms with van der Waals surface area (Å²) in [5, 5.41) is 8.65. The van der Waals surface area contributed by atoms with E-state index in [0.29, 0.717) is 12.4 Å². The van der Waals surface area contributed by atoms with Crippen LogP contribution in [-0.2, 0) is 4.79 Å². The smallest absolute Gasteiger partial charge is 0.269 e. The third-order valence-corrected chi connectivity index (χ3v) is 3.52. The first-order chi connectivity index (χ1) is 9.52. The van der Waals surface area contributed by atoms with E-state index >= 15 is 0 Å². The Morgan fingerprint density at radius 3 is 2.75 bits per heavy atom. The summed E-state index contributed by atoms with van der Waals surface area (Å²) in [6.07, 6.45) is 1.03. The van der Waals surface area contributed by atoms with Crippen molar-refractivity contribution in [2.75, 3.05) is 20.1 Å². The van der Waals surface area contributed by atoms with E-state index in [9.17, 15) is 9.59 Å². The van der Waals surface area contributed by atoms with E-state index in [-0.39, 0.29) is 18.9 Å². The number of carbonyl (C=O) groups excluding carboxylic acids is 2. The minimum absolute atomic E-state index is 0.126. The van der Waals surface area contributed by atoms with Crippen molar-refractivity contribution in [2.24, 2.45) is 4.99 Å². The number of likely N-dealkylation sites (N-methyl/N-ethyl adjacent to an activating group) is 1. The Kier molecular flexibility index (Phi) is 3.84. The molecule has 0 bridgehead atoms. The Bertz CT molecular complexity index is 558. The molecule has 0 N–H and O–H groups in total. The van der Waals surface area contributed by atoms with Crippen LogP contribution >= 0.6 is 0 Å². The van der Waals surface area contributed by atoms with Crippen LogP contribution in [0, 0.1) is 11.3 Å². The van der Waals surface area contributed by atoms with Crippen LogP contribution in [0.3, 0.4) is 0 Å². The van der Waals surface area contributed by atoms with Gasteiger partial charge in [-0.15, -0.1) is 0 Å². The first-order valence-corrected chi connectivity index (χ1v) is 6.67. The number of carbonyl (C=O) groups is 2. The van der Waals surface area contributed by atoms with E-state index in [2.05, 4.69) is 4.99 Å². The number of urea groups is 1. The second kappa shape index (κ2) is 5.41. The third kappa shape index (κ3) is 2.07. The van der Waals surface area contributed by atoms with E-state index in [1.54, 1.807) is 7.05 Å². The van der Waals surface area contributed by atoms with Gasteiger partial charge in [-0.3, -0.25) is 14.6 Å². The maximum absolute atomic E-state index is 12.5. The van der Waals surface area contributed by atoms with Gasteiger partial charge in [0.05, 0.1) is 19.0 Å². The minimum Gasteiger partial charge on any atom is -0.269 e. The summed E-state index contributed by atoms with van der Waals surface area (Å²) >= 11 is 0. The van der Waals surface area contributed by atoms with Gasteiger partial charge in [0, 0.05) is 20.5 Å². The third-order valence-electron chi connectivity index (χ3n) is 3.52. The topological polar surface area (TPSA) is 79.8 Å². The Morgan fingerprint density at radius 2 is 2.15 bits per heavy atom. The highest BCUT2D eigenvalue weighted by Crippen LogP contribution is 2.20. The zero-order valence-corrected chi connectivity index (χ0v) is 12.0. The van der Waals surface area contributed by atoms with E-state index in [4.69, 9.17) is 5.26 Å². The maximum atomic E-state index is 12.5. The molecule has 0 spiro atoms. The number of aliphatic imine (C=N–C) groups is 1. The summed E-state index contributed by atoms with van der Waals surface area (Å²) in [6.45, 7) is 4.71. The predicted molar refractivity (Wildman–Crippen MR) is 72.4 cm³/mol. The van der Waals surface area contributed by atoms with Gasteiger partial charge in [0.25, 0.3) is 23.6 Å². The molecule has 2 aliphatic heterocycles. The predicted octanol–water partition coefficient (Wildman–Crippen LogP) is 0.416. The van der Waals surface area contributed by atoms with Crippen LogP contribution in [-0.4, -0.2) is 64.2 Å². The van der Waals surface area contributed by atoms with E-state index < -0.39 is 12.1 Å². The van der Waals surface area contributed by atoms with Gasteiger partial charge in [-0.2, -0.15) is 5.26 Å². The highest BCUT2D eigenvalue weighted by atomic mass is 16.2. The number of nitriles is 1. The average molecular weight is 276 g/mol. The number of amides is 3. The van der Waals surface area contributed by atoms with Crippen molar-refractivity contribution < 1.29 is 14.2 Å². The molecule has 0 aliphatic carbocycles. The van der Waals surface area contributed by atoms with Crippen LogP contribution < -0.4 is 0 Å². The fraction of sp³-hybridized carbons (Fsp3) is 0.615. The first-order valence-electron chi connectivity index (χ1n) is 6.67. The number of imide groups is 1. The molecular formula is C13H18N5O2+. The zero-order chi connectivity index (χ0) is 14.9. The summed E-state index contributed by atoms with van der Waals surface area (Å²) < 4.78 is 1.92. The monoisotopic (exact) mass is 276 g/mol. The van der Waals surface area contributed by atoms with Gasteiger partial charge in [-0.25, -0.2) is 9.37 Å². The second-order valence-corrected chi connectivity index (χ2v) is 4.85. The van der Waals surface area contributed by atoms with Gasteiger partial charge in [-0.1, -0.05) is 6.92 Å². The largest absolute Gasteiger partial charge is 0.333 e. The van der Waals surface area contributed by atoms with Crippen molar-refractivity contribution in [3.63, 3.8) is 0 Å². The number of amidine groups is 2. The van der Waals surface area contributed by atoms with Gasteiger partial charge < -0.3 is 0 Å². The molecule has 2 rings (SSSR count). The molecule has 0 aromatic rings. The van der Waals surface area contributed by atoms with Crippen molar-refractivity contribution in [2.45, 2.75) is 32.7 Å². The SMILES string of the molecule is CCC[N+]1=C(C)N=C2C1C(=O)N(CCC#N)C(=O)N2C. The molecule has 1 fully saturated rings. The number of hydrogen-bond acceptors (Lipinski definition) is 4. The van der Waals surface area contributed by atoms with Gasteiger partial charge in [0.2, 0.25) is 0 Å². The number of fused-ring (bicyclic) bond motifs is 1. The lowest BCUT2D eigenvalue weighted by Crippen LogP contribution is -2.62. The van der Waals surface area contributed by atoms with Gasteiger partial charge in [0.15, 0.2) is 0 Å². The molecule has 3 amide bonds. The molecule has 106 valence electrons. The highest BCUT2D eigenvalue weighted by molar-refractivity contribution is 6.22. The highest BCUT2D eigenvalue weighted by Gasteiger charge is 2.52. The van der Waals surface area contributed by atoms with E-state index in [1.807, 2.05) is 24.5 Å². The Labute approximate surface area is 117 Å². The molecular weight excluding hydrogens is 258 g/mol. The fourth-order valence-electron chi connectivity index (χ4n) is 2.54. The molecule has 20 heavy (non-hydrogen) atoms. The number of nitrogens with zero attached hydrogens (tertiary/aromatic N) is 5. The summed E-state index contributed by atoms with van der Waals surface area (Å²) in [7, 11) is 1.61. The molecule has 0 radical (unpaired) electrons. The van der Waals surface area contributed by atoms with Crippen LogP contribution in [0.4, 0.5) is 4.79 Å². The van der Waals surface area contributed by atoms with Crippen LogP contribution in [0.2, 0.25) is 0 Å². The van der Waals surface area contributed by atoms with E-state index in [0.717, 1.165) is 17.2 Å². The van der Waals surface area contributed by atoms with Crippen molar-refractivity contribution in [3.8, 4) is 6.07 Å². The van der Waals surface area contributed by atoms with Gasteiger partial charge in [0.1, 0.15) is 0 Å². The normalized spacial score (nSPS) is 22.1. The fourth-order valence-corrected chi connectivity index (χ4v) is 2.54. The van der Waals surface area contributed by atoms with Crippen molar-refractivity contribution in [1.82, 2.24) is 9.80 Å². The Hall–Kier alpha value is -2.23. The summed E-state index contributed by atoms with van der Waals surface area (Å²) in [5.74, 6) is 0.952. The lowest BCUT2D eigenvalue weighted by molar-refractivity contribution is -0.535.